The van der Waals surface area contributed by atoms with Crippen LogP contribution < -0.4 is 0 Å². The quantitative estimate of drug-likeness (QED) is 0.616. The van der Waals surface area contributed by atoms with Gasteiger partial charge in [-0.2, -0.15) is 0 Å². The Hall–Kier alpha value is -1.03. The molecule has 0 saturated heterocycles. The molecule has 0 aliphatic rings. The molecule has 0 aromatic heterocycles. The lowest BCUT2D eigenvalue weighted by Gasteiger charge is -2.06. The van der Waals surface area contributed by atoms with Crippen LogP contribution in [0.15, 0.2) is 23.1 Å². The number of thioether (sulfide) groups is 1. The lowest BCUT2D eigenvalue weighted by atomic mass is 10.1. The molecule has 0 heterocycles. The molecule has 94 valence electrons. The predicted molar refractivity (Wildman–Crippen MR) is 68.2 cm³/mol. The second kappa shape index (κ2) is 6.64. The average molecular weight is 256 g/mol. The Labute approximate surface area is 105 Å². The SMILES string of the molecule is CC(C)CCCSc1cc(C(=O)O)ccc1F. The third-order valence-corrected chi connectivity index (χ3v) is 3.48. The number of aromatic carboxylic acids is 1. The van der Waals surface area contributed by atoms with Gasteiger partial charge in [-0.05, 0) is 36.3 Å². The Balaban J connectivity index is 2.57. The summed E-state index contributed by atoms with van der Waals surface area (Å²) in [5.74, 6) is 0.0995. The maximum atomic E-state index is 13.4. The highest BCUT2D eigenvalue weighted by atomic mass is 32.2. The van der Waals surface area contributed by atoms with Gasteiger partial charge in [0.05, 0.1) is 5.56 Å². The van der Waals surface area contributed by atoms with E-state index in [4.69, 9.17) is 5.11 Å². The largest absolute Gasteiger partial charge is 0.478 e. The molecule has 0 atom stereocenters. The minimum absolute atomic E-state index is 0.137. The molecule has 2 nitrogen and oxygen atoms in total. The molecule has 4 heteroatoms. The van der Waals surface area contributed by atoms with Crippen molar-refractivity contribution in [3.05, 3.63) is 29.6 Å². The highest BCUT2D eigenvalue weighted by Gasteiger charge is 2.08. The van der Waals surface area contributed by atoms with E-state index in [1.54, 1.807) is 0 Å². The zero-order valence-corrected chi connectivity index (χ0v) is 10.9. The normalized spacial score (nSPS) is 10.8. The average Bonchev–Trinajstić information content (AvgIpc) is 2.25. The molecule has 0 amide bonds. The van der Waals surface area contributed by atoms with Crippen LogP contribution in [-0.2, 0) is 0 Å². The summed E-state index contributed by atoms with van der Waals surface area (Å²) in [5, 5.41) is 8.81. The Morgan fingerprint density at radius 3 is 2.76 bits per heavy atom. The summed E-state index contributed by atoms with van der Waals surface area (Å²) in [6, 6.07) is 3.90. The Morgan fingerprint density at radius 1 is 1.47 bits per heavy atom. The van der Waals surface area contributed by atoms with Crippen molar-refractivity contribution in [2.24, 2.45) is 5.92 Å². The first-order chi connectivity index (χ1) is 8.00. The Bertz CT molecular complexity index is 391. The second-order valence-corrected chi connectivity index (χ2v) is 5.47. The maximum Gasteiger partial charge on any atom is 0.335 e. The molecule has 0 aliphatic heterocycles. The van der Waals surface area contributed by atoms with Gasteiger partial charge in [-0.3, -0.25) is 0 Å². The van der Waals surface area contributed by atoms with Crippen molar-refractivity contribution in [3.63, 3.8) is 0 Å². The van der Waals surface area contributed by atoms with E-state index in [1.807, 2.05) is 0 Å². The summed E-state index contributed by atoms with van der Waals surface area (Å²) in [6.07, 6.45) is 2.12. The van der Waals surface area contributed by atoms with E-state index < -0.39 is 5.97 Å². The molecular formula is C13H17FO2S. The Kier molecular flexibility index (Phi) is 5.48. The van der Waals surface area contributed by atoms with Gasteiger partial charge in [0, 0.05) is 4.90 Å². The van der Waals surface area contributed by atoms with Crippen molar-refractivity contribution in [3.8, 4) is 0 Å². The first kappa shape index (κ1) is 14.0. The number of carboxylic acid groups (broad SMARTS) is 1. The van der Waals surface area contributed by atoms with Crippen LogP contribution >= 0.6 is 11.8 Å². The van der Waals surface area contributed by atoms with Crippen LogP contribution in [0.1, 0.15) is 37.0 Å². The topological polar surface area (TPSA) is 37.3 Å². The van der Waals surface area contributed by atoms with E-state index in [-0.39, 0.29) is 11.4 Å². The van der Waals surface area contributed by atoms with Crippen molar-refractivity contribution in [1.29, 1.82) is 0 Å². The summed E-state index contributed by atoms with van der Waals surface area (Å²) in [5.41, 5.74) is 0.137. The zero-order valence-electron chi connectivity index (χ0n) is 10.1. The van der Waals surface area contributed by atoms with Gasteiger partial charge in [-0.1, -0.05) is 20.3 Å². The van der Waals surface area contributed by atoms with Crippen LogP contribution in [0.3, 0.4) is 0 Å². The summed E-state index contributed by atoms with van der Waals surface area (Å²) < 4.78 is 13.4. The summed E-state index contributed by atoms with van der Waals surface area (Å²) in [6.45, 7) is 4.30. The fraction of sp³-hybridized carbons (Fsp3) is 0.462. The smallest absolute Gasteiger partial charge is 0.335 e. The van der Waals surface area contributed by atoms with Crippen molar-refractivity contribution >= 4 is 17.7 Å². The number of halogens is 1. The third kappa shape index (κ3) is 4.77. The van der Waals surface area contributed by atoms with Crippen molar-refractivity contribution < 1.29 is 14.3 Å². The molecule has 0 aliphatic carbocycles. The van der Waals surface area contributed by atoms with Gasteiger partial charge in [-0.25, -0.2) is 9.18 Å². The van der Waals surface area contributed by atoms with Crippen LogP contribution in [-0.4, -0.2) is 16.8 Å². The van der Waals surface area contributed by atoms with Crippen LogP contribution in [0.25, 0.3) is 0 Å². The van der Waals surface area contributed by atoms with Crippen LogP contribution in [0, 0.1) is 11.7 Å². The van der Waals surface area contributed by atoms with E-state index in [1.165, 1.54) is 30.0 Å². The molecule has 1 rings (SSSR count). The highest BCUT2D eigenvalue weighted by molar-refractivity contribution is 7.99. The molecule has 0 bridgehead atoms. The summed E-state index contributed by atoms with van der Waals surface area (Å²) in [4.78, 5) is 11.2. The van der Waals surface area contributed by atoms with Gasteiger partial charge in [0.1, 0.15) is 5.82 Å². The molecule has 0 unspecified atom stereocenters. The van der Waals surface area contributed by atoms with Gasteiger partial charge in [0.25, 0.3) is 0 Å². The number of carbonyl (C=O) groups is 1. The van der Waals surface area contributed by atoms with E-state index in [9.17, 15) is 9.18 Å². The van der Waals surface area contributed by atoms with Crippen LogP contribution in [0.2, 0.25) is 0 Å². The number of rotatable bonds is 6. The lowest BCUT2D eigenvalue weighted by molar-refractivity contribution is 0.0696. The molecular weight excluding hydrogens is 239 g/mol. The van der Waals surface area contributed by atoms with Crippen LogP contribution in [0.4, 0.5) is 4.39 Å². The van der Waals surface area contributed by atoms with Gasteiger partial charge in [-0.15, -0.1) is 11.8 Å². The first-order valence-corrected chi connectivity index (χ1v) is 6.65. The van der Waals surface area contributed by atoms with Crippen LogP contribution in [0.5, 0.6) is 0 Å². The molecule has 1 aromatic carbocycles. The molecule has 0 fully saturated rings. The summed E-state index contributed by atoms with van der Waals surface area (Å²) in [7, 11) is 0. The van der Waals surface area contributed by atoms with E-state index >= 15 is 0 Å². The zero-order chi connectivity index (χ0) is 12.8. The fourth-order valence-corrected chi connectivity index (χ4v) is 2.37. The predicted octanol–water partition coefficient (Wildman–Crippen LogP) is 4.05. The highest BCUT2D eigenvalue weighted by Crippen LogP contribution is 2.24. The van der Waals surface area contributed by atoms with Gasteiger partial charge < -0.3 is 5.11 Å². The monoisotopic (exact) mass is 256 g/mol. The standard InChI is InChI=1S/C13H17FO2S/c1-9(2)4-3-7-17-12-8-10(13(15)16)5-6-11(12)14/h5-6,8-9H,3-4,7H2,1-2H3,(H,15,16). The summed E-state index contributed by atoms with van der Waals surface area (Å²) >= 11 is 1.38. The minimum Gasteiger partial charge on any atom is -0.478 e. The van der Waals surface area contributed by atoms with Gasteiger partial charge >= 0.3 is 5.97 Å². The van der Waals surface area contributed by atoms with Gasteiger partial charge in [0.15, 0.2) is 0 Å². The first-order valence-electron chi connectivity index (χ1n) is 5.66. The van der Waals surface area contributed by atoms with Gasteiger partial charge in [0.2, 0.25) is 0 Å². The molecule has 1 N–H and O–H groups in total. The van der Waals surface area contributed by atoms with E-state index in [2.05, 4.69) is 13.8 Å². The minimum atomic E-state index is -1.02. The molecule has 0 spiro atoms. The van der Waals surface area contributed by atoms with Crippen molar-refractivity contribution in [2.45, 2.75) is 31.6 Å². The van der Waals surface area contributed by atoms with Crippen molar-refractivity contribution in [2.75, 3.05) is 5.75 Å². The lowest BCUT2D eigenvalue weighted by Crippen LogP contribution is -1.97. The third-order valence-electron chi connectivity index (χ3n) is 2.36. The Morgan fingerprint density at radius 2 is 2.18 bits per heavy atom. The fourth-order valence-electron chi connectivity index (χ4n) is 1.42. The molecule has 17 heavy (non-hydrogen) atoms. The number of benzene rings is 1. The molecule has 0 saturated carbocycles. The van der Waals surface area contributed by atoms with E-state index in [0.717, 1.165) is 18.6 Å². The van der Waals surface area contributed by atoms with Crippen molar-refractivity contribution in [1.82, 2.24) is 0 Å². The molecule has 1 aromatic rings. The second-order valence-electron chi connectivity index (χ2n) is 4.33. The maximum absolute atomic E-state index is 13.4. The van der Waals surface area contributed by atoms with E-state index in [0.29, 0.717) is 10.8 Å². The number of hydrogen-bond donors (Lipinski definition) is 1. The number of hydrogen-bond acceptors (Lipinski definition) is 2. The number of carboxylic acids is 1. The molecule has 0 radical (unpaired) electrons.